The molecule has 0 spiro atoms. The summed E-state index contributed by atoms with van der Waals surface area (Å²) in [7, 11) is 0. The third kappa shape index (κ3) is 3.40. The van der Waals surface area contributed by atoms with Crippen LogP contribution in [-0.4, -0.2) is 33.2 Å². The van der Waals surface area contributed by atoms with Crippen LogP contribution in [0.1, 0.15) is 63.4 Å². The zero-order valence-corrected chi connectivity index (χ0v) is 18.7. The number of hydrogen-bond acceptors (Lipinski definition) is 4. The molecule has 1 N–H and O–H groups in total. The summed E-state index contributed by atoms with van der Waals surface area (Å²) in [4.78, 5) is 30.6. The van der Waals surface area contributed by atoms with Crippen molar-refractivity contribution in [3.63, 3.8) is 0 Å². The van der Waals surface area contributed by atoms with Crippen LogP contribution in [0.5, 0.6) is 0 Å². The first kappa shape index (κ1) is 20.5. The fourth-order valence-electron chi connectivity index (χ4n) is 4.77. The van der Waals surface area contributed by atoms with Gasteiger partial charge in [-0.15, -0.1) is 0 Å². The molecule has 1 aromatic carbocycles. The number of aryl methyl sites for hydroxylation is 1. The first-order valence-corrected chi connectivity index (χ1v) is 11.2. The van der Waals surface area contributed by atoms with E-state index >= 15 is 0 Å². The van der Waals surface area contributed by atoms with Gasteiger partial charge in [0.15, 0.2) is 5.65 Å². The standard InChI is InChI=1S/C25H27N5O2/c1-24(2,3)32-23(31)30-12-5-7-16-13-17(8-9-20(16)30)25(10-6-11-25)22-28-19-14-18(26-4)15-27-21(19)29-22/h8-9,13-15H,5-7,10-12H2,1-3H3,(H,27,28,29). The molecule has 1 saturated carbocycles. The fraction of sp³-hybridized carbons (Fsp3) is 0.440. The van der Waals surface area contributed by atoms with Gasteiger partial charge in [0.2, 0.25) is 5.69 Å². The van der Waals surface area contributed by atoms with Crippen molar-refractivity contribution in [2.75, 3.05) is 11.4 Å². The number of nitrogens with one attached hydrogen (secondary N) is 1. The summed E-state index contributed by atoms with van der Waals surface area (Å²) < 4.78 is 5.63. The highest BCUT2D eigenvalue weighted by Gasteiger charge is 2.43. The summed E-state index contributed by atoms with van der Waals surface area (Å²) in [6.07, 6.45) is 6.29. The molecule has 2 aliphatic rings. The average Bonchev–Trinajstić information content (AvgIpc) is 3.14. The number of aromatic amines is 1. The van der Waals surface area contributed by atoms with Crippen molar-refractivity contribution in [3.8, 4) is 0 Å². The SMILES string of the molecule is [C-]#[N+]c1cnc2nc(C3(c4ccc5c(c4)CCCN5C(=O)OC(C)(C)C)CCC3)[nH]c2c1. The van der Waals surface area contributed by atoms with E-state index in [0.717, 1.165) is 49.1 Å². The molecule has 1 aliphatic heterocycles. The molecule has 5 rings (SSSR count). The van der Waals surface area contributed by atoms with Crippen LogP contribution in [0.3, 0.4) is 0 Å². The maximum atomic E-state index is 12.8. The third-order valence-corrected chi connectivity index (χ3v) is 6.48. The number of hydrogen-bond donors (Lipinski definition) is 1. The molecule has 1 amide bonds. The largest absolute Gasteiger partial charge is 0.443 e. The number of amides is 1. The smallest absolute Gasteiger partial charge is 0.414 e. The Morgan fingerprint density at radius 2 is 2.06 bits per heavy atom. The zero-order chi connectivity index (χ0) is 22.5. The van der Waals surface area contributed by atoms with Crippen LogP contribution >= 0.6 is 0 Å². The monoisotopic (exact) mass is 429 g/mol. The second kappa shape index (κ2) is 7.33. The Kier molecular flexibility index (Phi) is 4.70. The van der Waals surface area contributed by atoms with Crippen LogP contribution in [0.2, 0.25) is 0 Å². The second-order valence-electron chi connectivity index (χ2n) is 9.78. The van der Waals surface area contributed by atoms with E-state index in [-0.39, 0.29) is 11.5 Å². The normalized spacial score (nSPS) is 17.4. The quantitative estimate of drug-likeness (QED) is 0.533. The van der Waals surface area contributed by atoms with Gasteiger partial charge in [-0.2, -0.15) is 0 Å². The van der Waals surface area contributed by atoms with Crippen LogP contribution in [0, 0.1) is 6.57 Å². The van der Waals surface area contributed by atoms with E-state index in [1.165, 1.54) is 11.1 Å². The van der Waals surface area contributed by atoms with Gasteiger partial charge in [0, 0.05) is 12.7 Å². The molecule has 7 nitrogen and oxygen atoms in total. The van der Waals surface area contributed by atoms with Gasteiger partial charge < -0.3 is 9.72 Å². The van der Waals surface area contributed by atoms with Crippen LogP contribution in [0.4, 0.5) is 16.2 Å². The molecular formula is C25H27N5O2. The molecule has 1 fully saturated rings. The van der Waals surface area contributed by atoms with Gasteiger partial charge >= 0.3 is 6.09 Å². The Labute approximate surface area is 187 Å². The number of benzene rings is 1. The van der Waals surface area contributed by atoms with Crippen LogP contribution < -0.4 is 4.90 Å². The molecule has 0 radical (unpaired) electrons. The Morgan fingerprint density at radius 3 is 2.75 bits per heavy atom. The maximum absolute atomic E-state index is 12.8. The highest BCUT2D eigenvalue weighted by atomic mass is 16.6. The molecule has 164 valence electrons. The van der Waals surface area contributed by atoms with Crippen molar-refractivity contribution >= 4 is 28.6 Å². The minimum atomic E-state index is -0.521. The predicted molar refractivity (Wildman–Crippen MR) is 123 cm³/mol. The lowest BCUT2D eigenvalue weighted by Crippen LogP contribution is -2.40. The first-order chi connectivity index (χ1) is 15.3. The van der Waals surface area contributed by atoms with Crippen molar-refractivity contribution in [2.24, 2.45) is 0 Å². The molecule has 0 saturated heterocycles. The number of carbonyl (C=O) groups is 1. The maximum Gasteiger partial charge on any atom is 0.414 e. The van der Waals surface area contributed by atoms with E-state index in [0.29, 0.717) is 17.9 Å². The topological polar surface area (TPSA) is 75.5 Å². The predicted octanol–water partition coefficient (Wildman–Crippen LogP) is 5.67. The van der Waals surface area contributed by atoms with E-state index in [1.807, 2.05) is 26.8 Å². The number of imidazole rings is 1. The van der Waals surface area contributed by atoms with Crippen molar-refractivity contribution < 1.29 is 9.53 Å². The second-order valence-corrected chi connectivity index (χ2v) is 9.78. The summed E-state index contributed by atoms with van der Waals surface area (Å²) >= 11 is 0. The molecule has 3 aromatic rings. The summed E-state index contributed by atoms with van der Waals surface area (Å²) in [5.41, 5.74) is 4.59. The van der Waals surface area contributed by atoms with E-state index in [1.54, 1.807) is 11.1 Å². The van der Waals surface area contributed by atoms with Gasteiger partial charge in [0.25, 0.3) is 0 Å². The Morgan fingerprint density at radius 1 is 1.25 bits per heavy atom. The van der Waals surface area contributed by atoms with Crippen LogP contribution in [0.25, 0.3) is 16.0 Å². The number of nitrogens with zero attached hydrogens (tertiary/aromatic N) is 4. The lowest BCUT2D eigenvalue weighted by atomic mass is 9.63. The first-order valence-electron chi connectivity index (χ1n) is 11.2. The number of H-pyrrole nitrogens is 1. The van der Waals surface area contributed by atoms with Gasteiger partial charge in [0.1, 0.15) is 11.4 Å². The highest BCUT2D eigenvalue weighted by Crippen LogP contribution is 2.49. The highest BCUT2D eigenvalue weighted by molar-refractivity contribution is 5.89. The van der Waals surface area contributed by atoms with Gasteiger partial charge in [0.05, 0.1) is 23.2 Å². The Bertz CT molecular complexity index is 1240. The zero-order valence-electron chi connectivity index (χ0n) is 18.7. The number of rotatable bonds is 2. The average molecular weight is 430 g/mol. The van der Waals surface area contributed by atoms with Gasteiger partial charge in [-0.1, -0.05) is 18.6 Å². The molecular weight excluding hydrogens is 402 g/mol. The van der Waals surface area contributed by atoms with E-state index < -0.39 is 5.60 Å². The molecule has 7 heteroatoms. The summed E-state index contributed by atoms with van der Waals surface area (Å²) in [5.74, 6) is 0.910. The number of pyridine rings is 1. The van der Waals surface area contributed by atoms with E-state index in [9.17, 15) is 4.79 Å². The van der Waals surface area contributed by atoms with Crippen molar-refractivity contribution in [3.05, 3.63) is 58.8 Å². The Hall–Kier alpha value is -3.40. The van der Waals surface area contributed by atoms with Crippen molar-refractivity contribution in [1.29, 1.82) is 0 Å². The molecule has 0 atom stereocenters. The van der Waals surface area contributed by atoms with Crippen molar-refractivity contribution in [2.45, 2.75) is 63.9 Å². The summed E-state index contributed by atoms with van der Waals surface area (Å²) in [6, 6.07) is 8.25. The Balaban J connectivity index is 1.51. The van der Waals surface area contributed by atoms with Gasteiger partial charge in [-0.25, -0.2) is 19.6 Å². The minimum Gasteiger partial charge on any atom is -0.443 e. The molecule has 0 unspecified atom stereocenters. The molecule has 32 heavy (non-hydrogen) atoms. The fourth-order valence-corrected chi connectivity index (χ4v) is 4.77. The van der Waals surface area contributed by atoms with Crippen molar-refractivity contribution in [1.82, 2.24) is 15.0 Å². The number of ether oxygens (including phenoxy) is 1. The summed E-state index contributed by atoms with van der Waals surface area (Å²) in [6.45, 7) is 13.6. The molecule has 2 aromatic heterocycles. The molecule has 0 bridgehead atoms. The lowest BCUT2D eigenvalue weighted by Gasteiger charge is -2.41. The molecule has 3 heterocycles. The summed E-state index contributed by atoms with van der Waals surface area (Å²) in [5, 5.41) is 0. The lowest BCUT2D eigenvalue weighted by molar-refractivity contribution is 0.0578. The van der Waals surface area contributed by atoms with Gasteiger partial charge in [-0.05, 0) is 69.7 Å². The number of carbonyl (C=O) groups excluding carboxylic acids is 1. The van der Waals surface area contributed by atoms with Crippen LogP contribution in [0.15, 0.2) is 30.5 Å². The number of aromatic nitrogens is 3. The van der Waals surface area contributed by atoms with E-state index in [4.69, 9.17) is 16.3 Å². The number of fused-ring (bicyclic) bond motifs is 2. The van der Waals surface area contributed by atoms with E-state index in [2.05, 4.69) is 33.0 Å². The van der Waals surface area contributed by atoms with Crippen LogP contribution in [-0.2, 0) is 16.6 Å². The molecule has 1 aliphatic carbocycles. The number of anilines is 1. The van der Waals surface area contributed by atoms with Gasteiger partial charge in [-0.3, -0.25) is 4.90 Å². The third-order valence-electron chi connectivity index (χ3n) is 6.48. The minimum absolute atomic E-state index is 0.178.